The number of piperazine rings is 1. The second-order valence-corrected chi connectivity index (χ2v) is 5.68. The highest BCUT2D eigenvalue weighted by Gasteiger charge is 2.21. The molecule has 2 aromatic rings. The predicted octanol–water partition coefficient (Wildman–Crippen LogP) is 2.68. The molecule has 2 heterocycles. The number of aromatic amines is 1. The van der Waals surface area contributed by atoms with Gasteiger partial charge in [0.15, 0.2) is 4.77 Å². The van der Waals surface area contributed by atoms with E-state index < -0.39 is 0 Å². The Morgan fingerprint density at radius 2 is 1.76 bits per heavy atom. The van der Waals surface area contributed by atoms with Gasteiger partial charge in [-0.15, -0.1) is 5.10 Å². The fourth-order valence-corrected chi connectivity index (χ4v) is 3.00. The van der Waals surface area contributed by atoms with Gasteiger partial charge in [-0.3, -0.25) is 4.57 Å². The maximum absolute atomic E-state index is 5.32. The lowest BCUT2D eigenvalue weighted by Gasteiger charge is -2.36. The molecule has 0 saturated carbocycles. The fraction of sp³-hybridized carbons (Fsp3) is 0.467. The van der Waals surface area contributed by atoms with Crippen LogP contribution >= 0.6 is 12.2 Å². The van der Waals surface area contributed by atoms with Crippen LogP contribution in [0.2, 0.25) is 0 Å². The van der Waals surface area contributed by atoms with Gasteiger partial charge in [-0.05, 0) is 30.8 Å². The van der Waals surface area contributed by atoms with Gasteiger partial charge in [-0.2, -0.15) is 0 Å². The molecule has 0 unspecified atom stereocenters. The van der Waals surface area contributed by atoms with E-state index >= 15 is 0 Å². The summed E-state index contributed by atoms with van der Waals surface area (Å²) >= 11 is 5.32. The molecule has 112 valence electrons. The number of aromatic nitrogens is 3. The molecule has 1 N–H and O–H groups in total. The van der Waals surface area contributed by atoms with Crippen LogP contribution in [-0.2, 0) is 6.54 Å². The molecule has 1 aromatic heterocycles. The standard InChI is InChI=1S/C15H21N5S/c1-2-8-20-14(16-17-15(20)21)19-11-9-18(10-12-19)13-6-4-3-5-7-13/h3-7H,2,8-12H2,1H3,(H,17,21). The third kappa shape index (κ3) is 2.95. The van der Waals surface area contributed by atoms with Crippen molar-refractivity contribution >= 4 is 23.9 Å². The van der Waals surface area contributed by atoms with Gasteiger partial charge < -0.3 is 9.80 Å². The van der Waals surface area contributed by atoms with Gasteiger partial charge >= 0.3 is 0 Å². The van der Waals surface area contributed by atoms with Crippen LogP contribution in [0.25, 0.3) is 0 Å². The highest BCUT2D eigenvalue weighted by atomic mass is 32.1. The summed E-state index contributed by atoms with van der Waals surface area (Å²) in [4.78, 5) is 4.74. The van der Waals surface area contributed by atoms with Gasteiger partial charge in [-0.25, -0.2) is 5.10 Å². The Labute approximate surface area is 130 Å². The van der Waals surface area contributed by atoms with Crippen LogP contribution in [0.3, 0.4) is 0 Å². The van der Waals surface area contributed by atoms with Crippen LogP contribution in [0.4, 0.5) is 11.6 Å². The Morgan fingerprint density at radius 1 is 1.10 bits per heavy atom. The number of benzene rings is 1. The molecule has 0 spiro atoms. The van der Waals surface area contributed by atoms with Crippen LogP contribution in [0, 0.1) is 4.77 Å². The molecule has 5 nitrogen and oxygen atoms in total. The van der Waals surface area contributed by atoms with Crippen molar-refractivity contribution < 1.29 is 0 Å². The van der Waals surface area contributed by atoms with Crippen molar-refractivity contribution in [2.45, 2.75) is 19.9 Å². The van der Waals surface area contributed by atoms with E-state index in [-0.39, 0.29) is 0 Å². The smallest absolute Gasteiger partial charge is 0.225 e. The largest absolute Gasteiger partial charge is 0.368 e. The van der Waals surface area contributed by atoms with Gasteiger partial charge in [0, 0.05) is 38.4 Å². The molecule has 1 fully saturated rings. The van der Waals surface area contributed by atoms with Crippen molar-refractivity contribution in [3.8, 4) is 0 Å². The van der Waals surface area contributed by atoms with Crippen LogP contribution < -0.4 is 9.80 Å². The van der Waals surface area contributed by atoms with E-state index in [4.69, 9.17) is 12.2 Å². The van der Waals surface area contributed by atoms with Gasteiger partial charge in [-0.1, -0.05) is 25.1 Å². The summed E-state index contributed by atoms with van der Waals surface area (Å²) in [6.07, 6.45) is 1.06. The van der Waals surface area contributed by atoms with Gasteiger partial charge in [0.2, 0.25) is 5.95 Å². The normalized spacial score (nSPS) is 15.5. The molecule has 6 heteroatoms. The molecule has 0 bridgehead atoms. The van der Waals surface area contributed by atoms with Crippen LogP contribution in [-0.4, -0.2) is 40.9 Å². The molecule has 1 aliphatic heterocycles. The number of H-pyrrole nitrogens is 1. The van der Waals surface area contributed by atoms with E-state index in [1.165, 1.54) is 5.69 Å². The first-order valence-corrected chi connectivity index (χ1v) is 7.90. The molecule has 21 heavy (non-hydrogen) atoms. The number of para-hydroxylation sites is 1. The Kier molecular flexibility index (Phi) is 4.24. The number of anilines is 2. The maximum Gasteiger partial charge on any atom is 0.225 e. The van der Waals surface area contributed by atoms with Crippen molar-refractivity contribution in [2.75, 3.05) is 36.0 Å². The summed E-state index contributed by atoms with van der Waals surface area (Å²) in [7, 11) is 0. The molecular formula is C15H21N5S. The summed E-state index contributed by atoms with van der Waals surface area (Å²) in [5.41, 5.74) is 1.30. The SMILES string of the molecule is CCCn1c(N2CCN(c3ccccc3)CC2)n[nH]c1=S. The third-order valence-electron chi connectivity index (χ3n) is 3.87. The molecule has 0 aliphatic carbocycles. The Morgan fingerprint density at radius 3 is 2.43 bits per heavy atom. The van der Waals surface area contributed by atoms with E-state index in [9.17, 15) is 0 Å². The van der Waals surface area contributed by atoms with E-state index in [0.717, 1.165) is 49.9 Å². The number of hydrogen-bond donors (Lipinski definition) is 1. The quantitative estimate of drug-likeness (QED) is 0.882. The van der Waals surface area contributed by atoms with E-state index in [1.807, 2.05) is 0 Å². The third-order valence-corrected chi connectivity index (χ3v) is 4.18. The average Bonchev–Trinajstić information content (AvgIpc) is 2.90. The molecule has 1 saturated heterocycles. The minimum absolute atomic E-state index is 0.720. The second-order valence-electron chi connectivity index (χ2n) is 5.29. The first-order valence-electron chi connectivity index (χ1n) is 7.49. The highest BCUT2D eigenvalue weighted by molar-refractivity contribution is 7.71. The van der Waals surface area contributed by atoms with Gasteiger partial charge in [0.25, 0.3) is 0 Å². The number of nitrogens with zero attached hydrogens (tertiary/aromatic N) is 4. The molecule has 1 aliphatic rings. The van der Waals surface area contributed by atoms with Crippen LogP contribution in [0.1, 0.15) is 13.3 Å². The van der Waals surface area contributed by atoms with Gasteiger partial charge in [0.05, 0.1) is 0 Å². The Balaban J connectivity index is 1.70. The minimum atomic E-state index is 0.720. The van der Waals surface area contributed by atoms with E-state index in [1.54, 1.807) is 0 Å². The van der Waals surface area contributed by atoms with Crippen LogP contribution in [0.5, 0.6) is 0 Å². The Bertz CT molecular complexity index is 625. The average molecular weight is 303 g/mol. The predicted molar refractivity (Wildman–Crippen MR) is 88.6 cm³/mol. The van der Waals surface area contributed by atoms with E-state index in [2.05, 4.69) is 61.8 Å². The molecule has 0 radical (unpaired) electrons. The molecule has 1 aromatic carbocycles. The first-order chi connectivity index (χ1) is 10.3. The summed E-state index contributed by atoms with van der Waals surface area (Å²) < 4.78 is 2.82. The molecule has 3 rings (SSSR count). The summed E-state index contributed by atoms with van der Waals surface area (Å²) in [6, 6.07) is 10.6. The van der Waals surface area contributed by atoms with Gasteiger partial charge in [0.1, 0.15) is 0 Å². The number of hydrogen-bond acceptors (Lipinski definition) is 4. The maximum atomic E-state index is 5.32. The van der Waals surface area contributed by atoms with Crippen LogP contribution in [0.15, 0.2) is 30.3 Å². The summed E-state index contributed by atoms with van der Waals surface area (Å²) in [5.74, 6) is 0.981. The zero-order valence-electron chi connectivity index (χ0n) is 12.3. The lowest BCUT2D eigenvalue weighted by atomic mass is 10.2. The first kappa shape index (κ1) is 14.1. The summed E-state index contributed by atoms with van der Waals surface area (Å²) in [5, 5.41) is 7.33. The van der Waals surface area contributed by atoms with Crippen molar-refractivity contribution in [2.24, 2.45) is 0 Å². The number of nitrogens with one attached hydrogen (secondary N) is 1. The monoisotopic (exact) mass is 303 g/mol. The second kappa shape index (κ2) is 6.30. The highest BCUT2D eigenvalue weighted by Crippen LogP contribution is 2.19. The van der Waals surface area contributed by atoms with E-state index in [0.29, 0.717) is 0 Å². The molecule has 0 atom stereocenters. The summed E-state index contributed by atoms with van der Waals surface area (Å²) in [6.45, 7) is 7.04. The van der Waals surface area contributed by atoms with Crippen molar-refractivity contribution in [3.63, 3.8) is 0 Å². The lowest BCUT2D eigenvalue weighted by Crippen LogP contribution is -2.47. The molecular weight excluding hydrogens is 282 g/mol. The fourth-order valence-electron chi connectivity index (χ4n) is 2.78. The lowest BCUT2D eigenvalue weighted by molar-refractivity contribution is 0.601. The molecule has 0 amide bonds. The zero-order valence-corrected chi connectivity index (χ0v) is 13.1. The zero-order chi connectivity index (χ0) is 14.7. The van der Waals surface area contributed by atoms with Crippen molar-refractivity contribution in [3.05, 3.63) is 35.1 Å². The van der Waals surface area contributed by atoms with Crippen molar-refractivity contribution in [1.29, 1.82) is 0 Å². The topological polar surface area (TPSA) is 40.1 Å². The minimum Gasteiger partial charge on any atom is -0.368 e. The number of rotatable bonds is 4. The Hall–Kier alpha value is -1.82. The van der Waals surface area contributed by atoms with Crippen molar-refractivity contribution in [1.82, 2.24) is 14.8 Å².